The molecule has 4 fully saturated rings. The number of halogens is 1. The number of likely N-dealkylation sites (tertiary alicyclic amines) is 2. The largest absolute Gasteiger partial charge is 0.378 e. The number of ether oxygens (including phenoxy) is 1. The molecular weight excluding hydrogens is 382 g/mol. The van der Waals surface area contributed by atoms with E-state index in [1.54, 1.807) is 9.32 Å². The summed E-state index contributed by atoms with van der Waals surface area (Å²) in [5, 5.41) is 9.17. The van der Waals surface area contributed by atoms with Crippen LogP contribution < -0.4 is 0 Å². The minimum Gasteiger partial charge on any atom is -0.378 e. The number of rotatable bonds is 3. The number of amides is 3. The van der Waals surface area contributed by atoms with Crippen LogP contribution in [0, 0.1) is 23.2 Å². The van der Waals surface area contributed by atoms with Gasteiger partial charge in [0.15, 0.2) is 0 Å². The predicted molar refractivity (Wildman–Crippen MR) is 102 cm³/mol. The van der Waals surface area contributed by atoms with Crippen LogP contribution in [0.25, 0.3) is 0 Å². The lowest BCUT2D eigenvalue weighted by molar-refractivity contribution is -0.131. The molecule has 3 heterocycles. The van der Waals surface area contributed by atoms with Gasteiger partial charge in [-0.2, -0.15) is 5.26 Å². The van der Waals surface area contributed by atoms with Crippen LogP contribution in [0.3, 0.4) is 0 Å². The van der Waals surface area contributed by atoms with E-state index >= 15 is 0 Å². The first-order chi connectivity index (χ1) is 13.6. The van der Waals surface area contributed by atoms with Crippen molar-refractivity contribution in [2.24, 2.45) is 11.8 Å². The summed E-state index contributed by atoms with van der Waals surface area (Å²) in [6.45, 7) is 4.94. The van der Waals surface area contributed by atoms with Crippen LogP contribution in [0.1, 0.15) is 25.7 Å². The van der Waals surface area contributed by atoms with Gasteiger partial charge in [-0.3, -0.25) is 4.79 Å². The van der Waals surface area contributed by atoms with E-state index in [4.69, 9.17) is 16.5 Å². The number of morpholine rings is 1. The molecule has 9 heteroatoms. The molecule has 28 heavy (non-hydrogen) atoms. The van der Waals surface area contributed by atoms with Crippen LogP contribution in [-0.2, 0) is 9.53 Å². The van der Waals surface area contributed by atoms with Gasteiger partial charge in [0.2, 0.25) is 5.91 Å². The first-order valence-electron chi connectivity index (χ1n) is 10.3. The first kappa shape index (κ1) is 19.7. The molecule has 0 aromatic heterocycles. The highest BCUT2D eigenvalue weighted by atomic mass is 35.5. The average Bonchev–Trinajstić information content (AvgIpc) is 3.42. The summed E-state index contributed by atoms with van der Waals surface area (Å²) in [6, 6.07) is 2.19. The third kappa shape index (κ3) is 3.93. The molecule has 0 spiro atoms. The molecule has 3 saturated heterocycles. The Morgan fingerprint density at radius 1 is 1.11 bits per heavy atom. The van der Waals surface area contributed by atoms with Crippen molar-refractivity contribution in [1.29, 1.82) is 5.26 Å². The SMILES string of the molecule is N#C[C@@H]1CCCN1C(=O)CN(Cl)C1C[C@@H]2CN(C(=O)N3CCOCC3)C[C@@H]2C1. The zero-order valence-electron chi connectivity index (χ0n) is 16.1. The normalized spacial score (nSPS) is 32.7. The number of carbonyl (C=O) groups excluding carboxylic acids is 2. The van der Waals surface area contributed by atoms with Crippen molar-refractivity contribution in [2.45, 2.75) is 37.8 Å². The fraction of sp³-hybridized carbons (Fsp3) is 0.842. The number of nitriles is 1. The third-order valence-corrected chi connectivity index (χ3v) is 7.08. The predicted octanol–water partition coefficient (Wildman–Crippen LogP) is 1.12. The van der Waals surface area contributed by atoms with Gasteiger partial charge in [0.25, 0.3) is 0 Å². The number of hydrogen-bond donors (Lipinski definition) is 0. The quantitative estimate of drug-likeness (QED) is 0.652. The zero-order valence-corrected chi connectivity index (χ0v) is 16.9. The first-order valence-corrected chi connectivity index (χ1v) is 10.6. The standard InChI is InChI=1S/C19H28ClN5O3/c20-25(13-18(26)24-3-1-2-16(24)10-21)17-8-14-11-23(12-15(14)9-17)19(27)22-4-6-28-7-5-22/h14-17H,1-9,11-13H2/t14-,15+,16-,17?/m0/s1. The van der Waals surface area contributed by atoms with Gasteiger partial charge in [0, 0.05) is 38.8 Å². The van der Waals surface area contributed by atoms with Crippen molar-refractivity contribution in [3.05, 3.63) is 0 Å². The Bertz CT molecular complexity index is 636. The lowest BCUT2D eigenvalue weighted by Crippen LogP contribution is -2.48. The van der Waals surface area contributed by atoms with E-state index < -0.39 is 0 Å². The Balaban J connectivity index is 1.26. The maximum Gasteiger partial charge on any atom is 0.320 e. The number of fused-ring (bicyclic) bond motifs is 1. The highest BCUT2D eigenvalue weighted by molar-refractivity contribution is 6.14. The summed E-state index contributed by atoms with van der Waals surface area (Å²) in [5.74, 6) is 0.843. The van der Waals surface area contributed by atoms with Crippen LogP contribution in [-0.4, -0.2) is 95.6 Å². The molecule has 0 bridgehead atoms. The molecule has 4 rings (SSSR count). The maximum atomic E-state index is 12.7. The highest BCUT2D eigenvalue weighted by Crippen LogP contribution is 2.41. The summed E-state index contributed by atoms with van der Waals surface area (Å²) in [5.41, 5.74) is 0. The second kappa shape index (κ2) is 8.44. The number of carbonyl (C=O) groups is 2. The molecule has 1 aliphatic carbocycles. The summed E-state index contributed by atoms with van der Waals surface area (Å²) >= 11 is 6.48. The Morgan fingerprint density at radius 2 is 1.79 bits per heavy atom. The number of urea groups is 1. The van der Waals surface area contributed by atoms with E-state index in [1.807, 2.05) is 9.80 Å². The molecule has 0 aromatic carbocycles. The van der Waals surface area contributed by atoms with Gasteiger partial charge in [-0.15, -0.1) is 0 Å². The Kier molecular flexibility index (Phi) is 5.95. The van der Waals surface area contributed by atoms with Crippen LogP contribution in [0.2, 0.25) is 0 Å². The van der Waals surface area contributed by atoms with E-state index in [-0.39, 0.29) is 30.6 Å². The highest BCUT2D eigenvalue weighted by Gasteiger charge is 2.45. The lowest BCUT2D eigenvalue weighted by Gasteiger charge is -2.32. The third-order valence-electron chi connectivity index (χ3n) is 6.68. The molecule has 4 aliphatic rings. The summed E-state index contributed by atoms with van der Waals surface area (Å²) in [7, 11) is 0. The Labute approximate surface area is 171 Å². The second-order valence-electron chi connectivity index (χ2n) is 8.36. The Morgan fingerprint density at radius 3 is 2.43 bits per heavy atom. The van der Waals surface area contributed by atoms with Gasteiger partial charge in [-0.1, -0.05) is 0 Å². The van der Waals surface area contributed by atoms with Gasteiger partial charge in [0.05, 0.1) is 25.8 Å². The summed E-state index contributed by atoms with van der Waals surface area (Å²) in [4.78, 5) is 30.7. The van der Waals surface area contributed by atoms with E-state index in [2.05, 4.69) is 6.07 Å². The van der Waals surface area contributed by atoms with E-state index in [1.165, 1.54) is 0 Å². The monoisotopic (exact) mass is 409 g/mol. The van der Waals surface area contributed by atoms with Gasteiger partial charge in [-0.25, -0.2) is 9.21 Å². The lowest BCUT2D eigenvalue weighted by atomic mass is 10.0. The van der Waals surface area contributed by atoms with Crippen molar-refractivity contribution >= 4 is 23.7 Å². The number of nitrogens with zero attached hydrogens (tertiary/aromatic N) is 5. The van der Waals surface area contributed by atoms with Gasteiger partial charge in [0.1, 0.15) is 6.04 Å². The molecule has 154 valence electrons. The van der Waals surface area contributed by atoms with Crippen molar-refractivity contribution in [1.82, 2.24) is 19.1 Å². The second-order valence-corrected chi connectivity index (χ2v) is 8.80. The molecule has 8 nitrogen and oxygen atoms in total. The molecule has 1 unspecified atom stereocenters. The van der Waals surface area contributed by atoms with Crippen LogP contribution in [0.15, 0.2) is 0 Å². The fourth-order valence-electron chi connectivity index (χ4n) is 5.16. The zero-order chi connectivity index (χ0) is 19.7. The molecule has 3 aliphatic heterocycles. The van der Waals surface area contributed by atoms with Gasteiger partial charge in [-0.05, 0) is 49.3 Å². The molecule has 1 saturated carbocycles. The van der Waals surface area contributed by atoms with E-state index in [9.17, 15) is 14.9 Å². The molecular formula is C19H28ClN5O3. The van der Waals surface area contributed by atoms with E-state index in [0.717, 1.165) is 38.8 Å². The van der Waals surface area contributed by atoms with Gasteiger partial charge >= 0.3 is 6.03 Å². The topological polar surface area (TPSA) is 80.1 Å². The minimum atomic E-state index is -0.305. The van der Waals surface area contributed by atoms with Crippen LogP contribution in [0.4, 0.5) is 4.79 Å². The van der Waals surface area contributed by atoms with Crippen LogP contribution >= 0.6 is 11.8 Å². The smallest absolute Gasteiger partial charge is 0.320 e. The summed E-state index contributed by atoms with van der Waals surface area (Å²) < 4.78 is 6.97. The summed E-state index contributed by atoms with van der Waals surface area (Å²) in [6.07, 6.45) is 3.46. The maximum absolute atomic E-state index is 12.7. The molecule has 0 aromatic rings. The van der Waals surface area contributed by atoms with Crippen molar-refractivity contribution in [2.75, 3.05) is 52.5 Å². The average molecular weight is 410 g/mol. The fourth-order valence-corrected chi connectivity index (χ4v) is 5.42. The minimum absolute atomic E-state index is 0.0553. The molecule has 0 N–H and O–H groups in total. The molecule has 0 radical (unpaired) electrons. The van der Waals surface area contributed by atoms with Crippen LogP contribution in [0.5, 0.6) is 0 Å². The van der Waals surface area contributed by atoms with Crippen molar-refractivity contribution < 1.29 is 14.3 Å². The number of hydrogen-bond acceptors (Lipinski definition) is 5. The van der Waals surface area contributed by atoms with E-state index in [0.29, 0.717) is 44.7 Å². The Hall–Kier alpha value is -1.56. The van der Waals surface area contributed by atoms with Crippen molar-refractivity contribution in [3.8, 4) is 6.07 Å². The van der Waals surface area contributed by atoms with Crippen molar-refractivity contribution in [3.63, 3.8) is 0 Å². The molecule has 3 amide bonds. The molecule has 4 atom stereocenters. The van der Waals surface area contributed by atoms with Gasteiger partial charge < -0.3 is 19.4 Å².